The van der Waals surface area contributed by atoms with Crippen LogP contribution in [-0.4, -0.2) is 40.2 Å². The molecule has 2 aromatic heterocycles. The fourth-order valence-corrected chi connectivity index (χ4v) is 4.71. The normalized spacial score (nSPS) is 17.4. The van der Waals surface area contributed by atoms with Crippen LogP contribution in [0.3, 0.4) is 0 Å². The van der Waals surface area contributed by atoms with E-state index >= 15 is 0 Å². The number of rotatable bonds is 6. The third-order valence-electron chi connectivity index (χ3n) is 6.36. The Balaban J connectivity index is 1.44. The summed E-state index contributed by atoms with van der Waals surface area (Å²) in [5, 5.41) is 8.36. The van der Waals surface area contributed by atoms with E-state index in [0.29, 0.717) is 30.4 Å². The molecule has 0 unspecified atom stereocenters. The average Bonchev–Trinajstić information content (AvgIpc) is 3.48. The van der Waals surface area contributed by atoms with Gasteiger partial charge in [0.2, 0.25) is 5.91 Å². The number of carbonyl (C=O) groups is 1. The zero-order chi connectivity index (χ0) is 21.0. The first-order valence-corrected chi connectivity index (χ1v) is 11.5. The molecule has 1 amide bonds. The number of nitrogens with zero attached hydrogens (tertiary/aromatic N) is 4. The van der Waals surface area contributed by atoms with E-state index in [1.807, 2.05) is 30.3 Å². The Morgan fingerprint density at radius 1 is 1.03 bits per heavy atom. The van der Waals surface area contributed by atoms with Crippen LogP contribution in [0.25, 0.3) is 22.4 Å². The molecule has 1 aliphatic carbocycles. The summed E-state index contributed by atoms with van der Waals surface area (Å²) in [5.74, 6) is 1.61. The minimum Gasteiger partial charge on any atom is -0.356 e. The number of hydrogen-bond donors (Lipinski definition) is 1. The molecular weight excluding hydrogens is 390 g/mol. The summed E-state index contributed by atoms with van der Waals surface area (Å²) in [6.07, 6.45) is 9.03. The highest BCUT2D eigenvalue weighted by Crippen LogP contribution is 2.34. The van der Waals surface area contributed by atoms with Crippen molar-refractivity contribution in [2.45, 2.75) is 63.8 Å². The van der Waals surface area contributed by atoms with Crippen LogP contribution in [0.5, 0.6) is 0 Å². The third-order valence-corrected chi connectivity index (χ3v) is 6.36. The number of carbonyl (C=O) groups excluding carboxylic acids is 1. The lowest BCUT2D eigenvalue weighted by atomic mass is 10.1. The van der Waals surface area contributed by atoms with E-state index in [2.05, 4.69) is 20.4 Å². The zero-order valence-electron chi connectivity index (χ0n) is 17.8. The van der Waals surface area contributed by atoms with Crippen molar-refractivity contribution in [3.05, 3.63) is 36.2 Å². The van der Waals surface area contributed by atoms with Crippen LogP contribution in [0.1, 0.15) is 57.2 Å². The van der Waals surface area contributed by atoms with Gasteiger partial charge in [0.15, 0.2) is 0 Å². The summed E-state index contributed by atoms with van der Waals surface area (Å²) in [4.78, 5) is 24.3. The summed E-state index contributed by atoms with van der Waals surface area (Å²) in [7, 11) is 0. The van der Waals surface area contributed by atoms with E-state index in [4.69, 9.17) is 9.51 Å². The van der Waals surface area contributed by atoms with Gasteiger partial charge in [0, 0.05) is 37.5 Å². The van der Waals surface area contributed by atoms with E-state index in [0.717, 1.165) is 61.2 Å². The maximum atomic E-state index is 12.4. The maximum absolute atomic E-state index is 12.4. The summed E-state index contributed by atoms with van der Waals surface area (Å²) < 4.78 is 5.66. The van der Waals surface area contributed by atoms with Crippen LogP contribution in [0.2, 0.25) is 0 Å². The molecule has 3 aromatic rings. The number of nitrogens with one attached hydrogen (secondary N) is 1. The first-order chi connectivity index (χ1) is 15.3. The SMILES string of the molecule is O=C(CCc1nc(N2CCCCC2)c2c(-c3ccccc3)noc2n1)NC1CCCC1. The molecule has 1 saturated carbocycles. The van der Waals surface area contributed by atoms with Crippen molar-refractivity contribution in [3.63, 3.8) is 0 Å². The predicted octanol–water partition coefficient (Wildman–Crippen LogP) is 4.27. The monoisotopic (exact) mass is 419 g/mol. The van der Waals surface area contributed by atoms with Gasteiger partial charge in [-0.2, -0.15) is 4.98 Å². The average molecular weight is 420 g/mol. The number of anilines is 1. The number of amides is 1. The Morgan fingerprint density at radius 2 is 1.81 bits per heavy atom. The Kier molecular flexibility index (Phi) is 5.82. The van der Waals surface area contributed by atoms with Crippen molar-refractivity contribution in [1.82, 2.24) is 20.4 Å². The summed E-state index contributed by atoms with van der Waals surface area (Å²) in [6.45, 7) is 1.93. The van der Waals surface area contributed by atoms with Crippen LogP contribution >= 0.6 is 0 Å². The van der Waals surface area contributed by atoms with Crippen molar-refractivity contribution in [3.8, 4) is 11.3 Å². The zero-order valence-corrected chi connectivity index (χ0v) is 17.8. The number of aryl methyl sites for hydroxylation is 1. The third kappa shape index (κ3) is 4.40. The number of piperidine rings is 1. The molecule has 31 heavy (non-hydrogen) atoms. The van der Waals surface area contributed by atoms with Crippen LogP contribution in [0.4, 0.5) is 5.82 Å². The van der Waals surface area contributed by atoms with Gasteiger partial charge in [0.25, 0.3) is 5.71 Å². The van der Waals surface area contributed by atoms with Crippen LogP contribution < -0.4 is 10.2 Å². The molecule has 7 heteroatoms. The molecule has 0 spiro atoms. The molecule has 1 N–H and O–H groups in total. The topological polar surface area (TPSA) is 84.2 Å². The quantitative estimate of drug-likeness (QED) is 0.642. The lowest BCUT2D eigenvalue weighted by Gasteiger charge is -2.28. The second-order valence-corrected chi connectivity index (χ2v) is 8.64. The Labute approximate surface area is 182 Å². The fraction of sp³-hybridized carbons (Fsp3) is 0.500. The van der Waals surface area contributed by atoms with Crippen molar-refractivity contribution < 1.29 is 9.32 Å². The van der Waals surface area contributed by atoms with Gasteiger partial charge in [0.1, 0.15) is 22.7 Å². The highest BCUT2D eigenvalue weighted by atomic mass is 16.5. The molecule has 1 aliphatic heterocycles. The maximum Gasteiger partial charge on any atom is 0.263 e. The van der Waals surface area contributed by atoms with Gasteiger partial charge in [-0.1, -0.05) is 48.3 Å². The first kappa shape index (κ1) is 20.0. The molecule has 5 rings (SSSR count). The smallest absolute Gasteiger partial charge is 0.263 e. The fourth-order valence-electron chi connectivity index (χ4n) is 4.71. The van der Waals surface area contributed by atoms with Crippen molar-refractivity contribution in [2.75, 3.05) is 18.0 Å². The van der Waals surface area contributed by atoms with E-state index in [9.17, 15) is 4.79 Å². The Hall–Kier alpha value is -2.96. The van der Waals surface area contributed by atoms with E-state index in [1.165, 1.54) is 19.3 Å². The van der Waals surface area contributed by atoms with Gasteiger partial charge < -0.3 is 14.7 Å². The van der Waals surface area contributed by atoms with E-state index in [-0.39, 0.29) is 5.91 Å². The Bertz CT molecular complexity index is 1040. The Morgan fingerprint density at radius 3 is 2.58 bits per heavy atom. The summed E-state index contributed by atoms with van der Waals surface area (Å²) >= 11 is 0. The van der Waals surface area contributed by atoms with Crippen LogP contribution in [-0.2, 0) is 11.2 Å². The minimum atomic E-state index is 0.0812. The van der Waals surface area contributed by atoms with Gasteiger partial charge >= 0.3 is 0 Å². The number of benzene rings is 1. The van der Waals surface area contributed by atoms with Gasteiger partial charge in [-0.3, -0.25) is 4.79 Å². The van der Waals surface area contributed by atoms with Crippen LogP contribution in [0.15, 0.2) is 34.9 Å². The second kappa shape index (κ2) is 9.04. The highest BCUT2D eigenvalue weighted by Gasteiger charge is 2.24. The molecule has 1 saturated heterocycles. The largest absolute Gasteiger partial charge is 0.356 e. The number of fused-ring (bicyclic) bond motifs is 1. The molecule has 2 aliphatic rings. The molecule has 2 fully saturated rings. The molecule has 3 heterocycles. The molecular formula is C24H29N5O2. The van der Waals surface area contributed by atoms with Gasteiger partial charge in [-0.15, -0.1) is 0 Å². The van der Waals surface area contributed by atoms with Crippen LogP contribution in [0, 0.1) is 0 Å². The predicted molar refractivity (Wildman–Crippen MR) is 120 cm³/mol. The minimum absolute atomic E-state index is 0.0812. The number of aromatic nitrogens is 3. The van der Waals surface area contributed by atoms with Gasteiger partial charge in [-0.25, -0.2) is 4.98 Å². The molecule has 162 valence electrons. The molecule has 0 atom stereocenters. The van der Waals surface area contributed by atoms with Crippen molar-refractivity contribution >= 4 is 22.8 Å². The van der Waals surface area contributed by atoms with Gasteiger partial charge in [0.05, 0.1) is 0 Å². The molecule has 0 bridgehead atoms. The standard InChI is InChI=1S/C24H29N5O2/c30-20(25-18-11-5-6-12-18)14-13-19-26-23(29-15-7-2-8-16-29)21-22(28-31-24(21)27-19)17-9-3-1-4-10-17/h1,3-4,9-10,18H,2,5-8,11-16H2,(H,25,30). The van der Waals surface area contributed by atoms with E-state index < -0.39 is 0 Å². The summed E-state index contributed by atoms with van der Waals surface area (Å²) in [6, 6.07) is 10.4. The van der Waals surface area contributed by atoms with E-state index in [1.54, 1.807) is 0 Å². The van der Waals surface area contributed by atoms with Gasteiger partial charge in [-0.05, 0) is 32.1 Å². The lowest BCUT2D eigenvalue weighted by Crippen LogP contribution is -2.33. The summed E-state index contributed by atoms with van der Waals surface area (Å²) in [5.41, 5.74) is 2.27. The molecule has 0 radical (unpaired) electrons. The second-order valence-electron chi connectivity index (χ2n) is 8.64. The lowest BCUT2D eigenvalue weighted by molar-refractivity contribution is -0.121. The molecule has 1 aromatic carbocycles. The van der Waals surface area contributed by atoms with Crippen molar-refractivity contribution in [2.24, 2.45) is 0 Å². The number of hydrogen-bond acceptors (Lipinski definition) is 6. The van der Waals surface area contributed by atoms with Crippen molar-refractivity contribution in [1.29, 1.82) is 0 Å². The first-order valence-electron chi connectivity index (χ1n) is 11.5. The molecule has 7 nitrogen and oxygen atoms in total. The highest BCUT2D eigenvalue weighted by molar-refractivity contribution is 5.98.